The molecule has 2 rings (SSSR count). The molecule has 2 aromatic rings. The van der Waals surface area contributed by atoms with E-state index >= 15 is 0 Å². The number of anilines is 1. The van der Waals surface area contributed by atoms with E-state index in [-0.39, 0.29) is 23.6 Å². The zero-order valence-corrected chi connectivity index (χ0v) is 19.6. The van der Waals surface area contributed by atoms with Gasteiger partial charge in [-0.2, -0.15) is 8.42 Å². The average molecular weight is 463 g/mol. The lowest BCUT2D eigenvalue weighted by atomic mass is 10.1. The van der Waals surface area contributed by atoms with Gasteiger partial charge < -0.3 is 19.1 Å². The molecule has 174 valence electrons. The fourth-order valence-electron chi connectivity index (χ4n) is 2.80. The van der Waals surface area contributed by atoms with Gasteiger partial charge in [0, 0.05) is 18.3 Å². The zero-order chi connectivity index (χ0) is 23.7. The highest BCUT2D eigenvalue weighted by Gasteiger charge is 2.20. The Kier molecular flexibility index (Phi) is 9.07. The molecule has 32 heavy (non-hydrogen) atoms. The molecular weight excluding hydrogens is 432 g/mol. The SMILES string of the molecule is CCOC(=O)c1ccc(NC(=O)N(Cc2ccc(OS(=O)(=O)CC)cc2)C(C)CC)cc1. The molecule has 0 spiro atoms. The highest BCUT2D eigenvalue weighted by molar-refractivity contribution is 7.87. The van der Waals surface area contributed by atoms with Crippen molar-refractivity contribution in [1.29, 1.82) is 0 Å². The van der Waals surface area contributed by atoms with Crippen molar-refractivity contribution < 1.29 is 26.9 Å². The van der Waals surface area contributed by atoms with Gasteiger partial charge in [-0.05, 0) is 69.2 Å². The highest BCUT2D eigenvalue weighted by Crippen LogP contribution is 2.19. The molecular formula is C23H30N2O6S. The average Bonchev–Trinajstić information content (AvgIpc) is 2.78. The van der Waals surface area contributed by atoms with Crippen LogP contribution in [0.15, 0.2) is 48.5 Å². The minimum Gasteiger partial charge on any atom is -0.462 e. The van der Waals surface area contributed by atoms with Crippen LogP contribution >= 0.6 is 0 Å². The zero-order valence-electron chi connectivity index (χ0n) is 18.8. The molecule has 8 nitrogen and oxygen atoms in total. The summed E-state index contributed by atoms with van der Waals surface area (Å²) in [6, 6.07) is 12.8. The fraction of sp³-hybridized carbons (Fsp3) is 0.391. The molecule has 0 fully saturated rings. The molecule has 0 aliphatic carbocycles. The van der Waals surface area contributed by atoms with Crippen molar-refractivity contribution in [3.05, 3.63) is 59.7 Å². The van der Waals surface area contributed by atoms with Gasteiger partial charge in [-0.1, -0.05) is 19.1 Å². The minimum absolute atomic E-state index is 0.0369. The summed E-state index contributed by atoms with van der Waals surface area (Å²) < 4.78 is 33.2. The molecule has 0 aliphatic rings. The van der Waals surface area contributed by atoms with Crippen molar-refractivity contribution >= 4 is 27.8 Å². The lowest BCUT2D eigenvalue weighted by Gasteiger charge is -2.29. The number of urea groups is 1. The number of hydrogen-bond donors (Lipinski definition) is 1. The second-order valence-corrected chi connectivity index (χ2v) is 9.05. The van der Waals surface area contributed by atoms with Crippen LogP contribution in [0.4, 0.5) is 10.5 Å². The van der Waals surface area contributed by atoms with E-state index < -0.39 is 16.1 Å². The number of nitrogens with zero attached hydrogens (tertiary/aromatic N) is 1. The summed E-state index contributed by atoms with van der Waals surface area (Å²) in [5, 5.41) is 2.86. The van der Waals surface area contributed by atoms with Crippen LogP contribution in [0.25, 0.3) is 0 Å². The van der Waals surface area contributed by atoms with Crippen molar-refractivity contribution in [2.45, 2.75) is 46.7 Å². The van der Waals surface area contributed by atoms with Crippen LogP contribution in [0.2, 0.25) is 0 Å². The van der Waals surface area contributed by atoms with Gasteiger partial charge >= 0.3 is 22.1 Å². The molecule has 1 unspecified atom stereocenters. The molecule has 1 atom stereocenters. The molecule has 0 bridgehead atoms. The first-order chi connectivity index (χ1) is 15.2. The summed E-state index contributed by atoms with van der Waals surface area (Å²) >= 11 is 0. The van der Waals surface area contributed by atoms with Crippen LogP contribution in [-0.4, -0.2) is 43.7 Å². The van der Waals surface area contributed by atoms with Gasteiger partial charge in [0.2, 0.25) is 0 Å². The molecule has 0 heterocycles. The van der Waals surface area contributed by atoms with Gasteiger partial charge in [-0.25, -0.2) is 9.59 Å². The second kappa shape index (κ2) is 11.5. The van der Waals surface area contributed by atoms with Gasteiger partial charge in [0.05, 0.1) is 17.9 Å². The van der Waals surface area contributed by atoms with Gasteiger partial charge in [0.15, 0.2) is 0 Å². The van der Waals surface area contributed by atoms with Gasteiger partial charge in [0.1, 0.15) is 5.75 Å². The highest BCUT2D eigenvalue weighted by atomic mass is 32.2. The van der Waals surface area contributed by atoms with Gasteiger partial charge in [0.25, 0.3) is 0 Å². The van der Waals surface area contributed by atoms with Crippen LogP contribution in [0.1, 0.15) is 50.0 Å². The summed E-state index contributed by atoms with van der Waals surface area (Å²) in [6.07, 6.45) is 0.755. The second-order valence-electron chi connectivity index (χ2n) is 7.19. The number of nitrogens with one attached hydrogen (secondary N) is 1. The minimum atomic E-state index is -3.59. The Labute approximate surface area is 189 Å². The third-order valence-electron chi connectivity index (χ3n) is 4.88. The first kappa shape index (κ1) is 25.2. The van der Waals surface area contributed by atoms with E-state index in [4.69, 9.17) is 8.92 Å². The molecule has 0 aromatic heterocycles. The number of hydrogen-bond acceptors (Lipinski definition) is 6. The monoisotopic (exact) mass is 462 g/mol. The Bertz CT molecular complexity index is 1000. The first-order valence-electron chi connectivity index (χ1n) is 10.5. The Morgan fingerprint density at radius 2 is 1.62 bits per heavy atom. The van der Waals surface area contributed by atoms with Crippen molar-refractivity contribution in [1.82, 2.24) is 4.90 Å². The molecule has 2 aromatic carbocycles. The maximum absolute atomic E-state index is 13.0. The van der Waals surface area contributed by atoms with Crippen LogP contribution < -0.4 is 9.50 Å². The van der Waals surface area contributed by atoms with Gasteiger partial charge in [-0.3, -0.25) is 0 Å². The maximum atomic E-state index is 13.0. The normalized spacial score (nSPS) is 12.0. The Hall–Kier alpha value is -3.07. The van der Waals surface area contributed by atoms with E-state index in [2.05, 4.69) is 5.32 Å². The summed E-state index contributed by atoms with van der Waals surface area (Å²) in [4.78, 5) is 26.4. The van der Waals surface area contributed by atoms with Crippen molar-refractivity contribution in [2.75, 3.05) is 17.7 Å². The molecule has 0 aliphatic heterocycles. The lowest BCUT2D eigenvalue weighted by Crippen LogP contribution is -2.40. The van der Waals surface area contributed by atoms with E-state index in [1.165, 1.54) is 6.92 Å². The fourth-order valence-corrected chi connectivity index (χ4v) is 3.32. The van der Waals surface area contributed by atoms with Crippen LogP contribution in [0, 0.1) is 0 Å². The predicted molar refractivity (Wildman–Crippen MR) is 123 cm³/mol. The Balaban J connectivity index is 2.09. The topological polar surface area (TPSA) is 102 Å². The Morgan fingerprint density at radius 3 is 2.16 bits per heavy atom. The summed E-state index contributed by atoms with van der Waals surface area (Å²) in [5.41, 5.74) is 1.81. The predicted octanol–water partition coefficient (Wildman–Crippen LogP) is 4.42. The first-order valence-corrected chi connectivity index (χ1v) is 12.1. The summed E-state index contributed by atoms with van der Waals surface area (Å²) in [7, 11) is -3.59. The van der Waals surface area contributed by atoms with Crippen molar-refractivity contribution in [3.63, 3.8) is 0 Å². The molecule has 2 amide bonds. The maximum Gasteiger partial charge on any atom is 0.338 e. The van der Waals surface area contributed by atoms with E-state index in [0.717, 1.165) is 12.0 Å². The molecule has 9 heteroatoms. The van der Waals surface area contributed by atoms with Crippen LogP contribution in [-0.2, 0) is 21.4 Å². The largest absolute Gasteiger partial charge is 0.462 e. The van der Waals surface area contributed by atoms with E-state index in [0.29, 0.717) is 24.4 Å². The number of rotatable bonds is 10. The number of carbonyl (C=O) groups is 2. The molecule has 1 N–H and O–H groups in total. The van der Waals surface area contributed by atoms with Crippen molar-refractivity contribution in [3.8, 4) is 5.75 Å². The summed E-state index contributed by atoms with van der Waals surface area (Å²) in [5.74, 6) is -0.292. The molecule has 0 saturated carbocycles. The number of ether oxygens (including phenoxy) is 1. The molecule has 0 radical (unpaired) electrons. The van der Waals surface area contributed by atoms with E-state index in [9.17, 15) is 18.0 Å². The number of carbonyl (C=O) groups excluding carboxylic acids is 2. The van der Waals surface area contributed by atoms with Crippen molar-refractivity contribution in [2.24, 2.45) is 0 Å². The number of benzene rings is 2. The third-order valence-corrected chi connectivity index (χ3v) is 6.04. The van der Waals surface area contributed by atoms with Crippen LogP contribution in [0.5, 0.6) is 5.75 Å². The summed E-state index contributed by atoms with van der Waals surface area (Å²) in [6.45, 7) is 7.83. The van der Waals surface area contributed by atoms with E-state index in [1.807, 2.05) is 13.8 Å². The Morgan fingerprint density at radius 1 is 1.00 bits per heavy atom. The lowest BCUT2D eigenvalue weighted by molar-refractivity contribution is 0.0526. The number of amides is 2. The quantitative estimate of drug-likeness (QED) is 0.414. The van der Waals surface area contributed by atoms with E-state index in [1.54, 1.807) is 60.4 Å². The van der Waals surface area contributed by atoms with Gasteiger partial charge in [-0.15, -0.1) is 0 Å². The van der Waals surface area contributed by atoms with Crippen LogP contribution in [0.3, 0.4) is 0 Å². The molecule has 0 saturated heterocycles. The third kappa shape index (κ3) is 7.26. The standard InChI is InChI=1S/C23H30N2O6S/c1-5-17(4)25(16-18-8-14-21(15-9-18)31-32(28,29)7-3)23(27)24-20-12-10-19(11-13-20)22(26)30-6-2/h8-15,17H,5-7,16H2,1-4H3,(H,24,27). The number of esters is 1. The smallest absolute Gasteiger partial charge is 0.338 e.